The number of amides is 2. The number of hydrogen-bond donors (Lipinski definition) is 2. The molecule has 0 saturated heterocycles. The van der Waals surface area contributed by atoms with Gasteiger partial charge in [-0.2, -0.15) is 0 Å². The van der Waals surface area contributed by atoms with E-state index < -0.39 is 16.6 Å². The van der Waals surface area contributed by atoms with Gasteiger partial charge in [0, 0.05) is 30.8 Å². The monoisotopic (exact) mass is 556 g/mol. The van der Waals surface area contributed by atoms with E-state index in [-0.39, 0.29) is 42.5 Å². The van der Waals surface area contributed by atoms with Crippen molar-refractivity contribution >= 4 is 29.1 Å². The molecule has 0 unspecified atom stereocenters. The van der Waals surface area contributed by atoms with E-state index in [4.69, 9.17) is 14.2 Å². The van der Waals surface area contributed by atoms with Crippen molar-refractivity contribution in [3.8, 4) is 11.5 Å². The zero-order chi connectivity index (χ0) is 29.4. The third-order valence-electron chi connectivity index (χ3n) is 6.70. The van der Waals surface area contributed by atoms with Crippen molar-refractivity contribution in [1.82, 2.24) is 4.90 Å². The first-order valence-corrected chi connectivity index (χ1v) is 13.4. The largest absolute Gasteiger partial charge is 0.496 e. The fraction of sp³-hybridized carbons (Fsp3) is 0.517. The van der Waals surface area contributed by atoms with Crippen molar-refractivity contribution in [2.45, 2.75) is 65.0 Å². The maximum atomic E-state index is 12.9. The van der Waals surface area contributed by atoms with Gasteiger partial charge in [0.05, 0.1) is 18.6 Å². The number of nitrogens with zero attached hydrogens (tertiary/aromatic N) is 2. The number of nitrogens with one attached hydrogen (secondary N) is 2. The van der Waals surface area contributed by atoms with E-state index in [0.717, 1.165) is 5.56 Å². The van der Waals surface area contributed by atoms with E-state index in [1.165, 1.54) is 11.0 Å². The number of rotatable bonds is 10. The number of nitro benzene ring substituents is 1. The van der Waals surface area contributed by atoms with Gasteiger partial charge in [0.2, 0.25) is 5.91 Å². The summed E-state index contributed by atoms with van der Waals surface area (Å²) < 4.78 is 16.4. The van der Waals surface area contributed by atoms with E-state index in [2.05, 4.69) is 10.6 Å². The molecule has 2 aromatic rings. The molecule has 218 valence electrons. The summed E-state index contributed by atoms with van der Waals surface area (Å²) >= 11 is 0. The van der Waals surface area contributed by atoms with Gasteiger partial charge in [-0.05, 0) is 77.1 Å². The highest BCUT2D eigenvalue weighted by Gasteiger charge is 2.29. The molecule has 2 amide bonds. The molecule has 1 aliphatic rings. The highest BCUT2D eigenvalue weighted by Crippen LogP contribution is 2.37. The lowest BCUT2D eigenvalue weighted by Crippen LogP contribution is -2.36. The second kappa shape index (κ2) is 13.4. The Balaban J connectivity index is 1.55. The summed E-state index contributed by atoms with van der Waals surface area (Å²) in [7, 11) is 3.18. The van der Waals surface area contributed by atoms with Crippen molar-refractivity contribution in [3.05, 3.63) is 52.1 Å². The maximum absolute atomic E-state index is 12.9. The van der Waals surface area contributed by atoms with Crippen LogP contribution in [0.2, 0.25) is 0 Å². The highest BCUT2D eigenvalue weighted by molar-refractivity contribution is 5.92. The van der Waals surface area contributed by atoms with Gasteiger partial charge in [0.15, 0.2) is 5.75 Å². The third-order valence-corrected chi connectivity index (χ3v) is 6.70. The minimum atomic E-state index is -0.622. The van der Waals surface area contributed by atoms with Crippen molar-refractivity contribution in [2.75, 3.05) is 37.9 Å². The van der Waals surface area contributed by atoms with Crippen LogP contribution in [-0.2, 0) is 9.53 Å². The number of hydrogen-bond acceptors (Lipinski definition) is 8. The van der Waals surface area contributed by atoms with E-state index in [9.17, 15) is 19.7 Å². The van der Waals surface area contributed by atoms with E-state index >= 15 is 0 Å². The number of carbonyl (C=O) groups is 2. The summed E-state index contributed by atoms with van der Waals surface area (Å²) in [5.74, 6) is 0.654. The summed E-state index contributed by atoms with van der Waals surface area (Å²) in [6.07, 6.45) is 2.21. The third kappa shape index (κ3) is 8.49. The minimum Gasteiger partial charge on any atom is -0.496 e. The van der Waals surface area contributed by atoms with Crippen LogP contribution in [0.25, 0.3) is 0 Å². The predicted molar refractivity (Wildman–Crippen MR) is 153 cm³/mol. The van der Waals surface area contributed by atoms with Gasteiger partial charge in [-0.25, -0.2) is 4.79 Å². The number of ether oxygens (including phenoxy) is 3. The number of anilines is 2. The van der Waals surface area contributed by atoms with Gasteiger partial charge in [0.25, 0.3) is 0 Å². The Hall–Kier alpha value is -4.02. The van der Waals surface area contributed by atoms with E-state index in [0.29, 0.717) is 42.8 Å². The molecule has 0 spiro atoms. The molecule has 0 aliphatic heterocycles. The summed E-state index contributed by atoms with van der Waals surface area (Å²) in [4.78, 5) is 37.9. The van der Waals surface area contributed by atoms with Crippen molar-refractivity contribution in [2.24, 2.45) is 5.92 Å². The minimum absolute atomic E-state index is 0.0178. The quantitative estimate of drug-likeness (QED) is 0.279. The molecule has 0 atom stereocenters. The van der Waals surface area contributed by atoms with Crippen molar-refractivity contribution in [3.63, 3.8) is 0 Å². The van der Waals surface area contributed by atoms with E-state index in [1.54, 1.807) is 47.1 Å². The first kappa shape index (κ1) is 30.5. The molecule has 3 rings (SSSR count). The number of benzene rings is 2. The van der Waals surface area contributed by atoms with Gasteiger partial charge >= 0.3 is 11.8 Å². The molecule has 0 bridgehead atoms. The van der Waals surface area contributed by atoms with Gasteiger partial charge in [-0.1, -0.05) is 12.1 Å². The average Bonchev–Trinajstić information content (AvgIpc) is 2.89. The van der Waals surface area contributed by atoms with Crippen LogP contribution in [0.4, 0.5) is 21.9 Å². The normalized spacial score (nSPS) is 16.9. The van der Waals surface area contributed by atoms with Gasteiger partial charge in [-0.3, -0.25) is 14.9 Å². The van der Waals surface area contributed by atoms with Crippen molar-refractivity contribution in [1.29, 1.82) is 0 Å². The number of carbonyl (C=O) groups excluding carboxylic acids is 2. The zero-order valence-electron chi connectivity index (χ0n) is 24.1. The Kier molecular flexibility index (Phi) is 10.2. The first-order chi connectivity index (χ1) is 18.9. The maximum Gasteiger partial charge on any atom is 0.410 e. The lowest BCUT2D eigenvalue weighted by molar-refractivity contribution is -0.385. The fourth-order valence-corrected chi connectivity index (χ4v) is 4.53. The second-order valence-corrected chi connectivity index (χ2v) is 11.0. The van der Waals surface area contributed by atoms with Crippen molar-refractivity contribution < 1.29 is 28.7 Å². The SMILES string of the molecule is COc1cc(NC(=O)[C@H]2CC[C@@H](Nc3cccc(OCCN(C)C(=O)OC(C)(C)C)c3[N+](=O)[O-])CC2)ccc1C. The van der Waals surface area contributed by atoms with Gasteiger partial charge < -0.3 is 29.7 Å². The standard InChI is InChI=1S/C29H40N4O7/c1-19-10-13-22(18-25(19)38-6)31-27(34)20-11-14-21(15-12-20)30-23-8-7-9-24(26(23)33(36)37)39-17-16-32(5)28(35)40-29(2,3)4/h7-10,13,18,20-21,30H,11-12,14-17H2,1-6H3,(H,31,34)/t20-,21+. The number of aryl methyl sites for hydroxylation is 1. The first-order valence-electron chi connectivity index (χ1n) is 13.4. The summed E-state index contributed by atoms with van der Waals surface area (Å²) in [5.41, 5.74) is 1.27. The molecule has 0 heterocycles. The second-order valence-electron chi connectivity index (χ2n) is 11.0. The summed E-state index contributed by atoms with van der Waals surface area (Å²) in [6, 6.07) is 10.4. The lowest BCUT2D eigenvalue weighted by Gasteiger charge is -2.29. The molecule has 2 aromatic carbocycles. The Morgan fingerprint density at radius 2 is 1.80 bits per heavy atom. The molecule has 0 aromatic heterocycles. The number of methoxy groups -OCH3 is 1. The topological polar surface area (TPSA) is 132 Å². The average molecular weight is 557 g/mol. The zero-order valence-corrected chi connectivity index (χ0v) is 24.1. The molecule has 1 fully saturated rings. The van der Waals surface area contributed by atoms with Crippen LogP contribution >= 0.6 is 0 Å². The Bertz CT molecular complexity index is 1200. The molecule has 1 aliphatic carbocycles. The fourth-order valence-electron chi connectivity index (χ4n) is 4.53. The molecule has 0 radical (unpaired) electrons. The summed E-state index contributed by atoms with van der Waals surface area (Å²) in [6.45, 7) is 7.54. The predicted octanol–water partition coefficient (Wildman–Crippen LogP) is 5.77. The van der Waals surface area contributed by atoms with Gasteiger partial charge in [0.1, 0.15) is 23.6 Å². The molecule has 40 heavy (non-hydrogen) atoms. The van der Waals surface area contributed by atoms with Crippen LogP contribution in [0.5, 0.6) is 11.5 Å². The number of para-hydroxylation sites is 1. The smallest absolute Gasteiger partial charge is 0.410 e. The van der Waals surface area contributed by atoms with E-state index in [1.807, 2.05) is 25.1 Å². The molecular weight excluding hydrogens is 516 g/mol. The molecule has 2 N–H and O–H groups in total. The Morgan fingerprint density at radius 3 is 2.42 bits per heavy atom. The Labute approximate surface area is 235 Å². The van der Waals surface area contributed by atoms with Crippen LogP contribution in [0.15, 0.2) is 36.4 Å². The lowest BCUT2D eigenvalue weighted by atomic mass is 9.85. The molecular formula is C29H40N4O7. The highest BCUT2D eigenvalue weighted by atomic mass is 16.6. The Morgan fingerprint density at radius 1 is 1.10 bits per heavy atom. The van der Waals surface area contributed by atoms with Crippen LogP contribution in [0.1, 0.15) is 52.0 Å². The van der Waals surface area contributed by atoms with Crippen LogP contribution in [0.3, 0.4) is 0 Å². The van der Waals surface area contributed by atoms with Crippen LogP contribution in [0, 0.1) is 23.0 Å². The van der Waals surface area contributed by atoms with Crippen LogP contribution in [-0.4, -0.2) is 60.8 Å². The number of likely N-dealkylation sites (N-methyl/N-ethyl adjacent to an activating group) is 1. The molecule has 11 heteroatoms. The number of nitro groups is 1. The van der Waals surface area contributed by atoms with Gasteiger partial charge in [-0.15, -0.1) is 0 Å². The summed E-state index contributed by atoms with van der Waals surface area (Å²) in [5, 5.41) is 18.2. The molecule has 11 nitrogen and oxygen atoms in total. The molecule has 1 saturated carbocycles. The van der Waals surface area contributed by atoms with Crippen LogP contribution < -0.4 is 20.1 Å².